The van der Waals surface area contributed by atoms with Gasteiger partial charge in [-0.1, -0.05) is 11.6 Å². The number of rotatable bonds is 5. The maximum Gasteiger partial charge on any atom is 0.425 e. The van der Waals surface area contributed by atoms with Crippen LogP contribution in [0.1, 0.15) is 13.8 Å². The Kier molecular flexibility index (Phi) is 5.09. The van der Waals surface area contributed by atoms with Gasteiger partial charge in [0.15, 0.2) is 6.10 Å². The van der Waals surface area contributed by atoms with Crippen molar-refractivity contribution in [1.29, 1.82) is 0 Å². The molecule has 126 valence electrons. The SMILES string of the molecule is CCn1ncc(Cl)c1-c1ccc(OC(C)C(F)(F)F)cc1OC. The molecule has 0 N–H and O–H groups in total. The van der Waals surface area contributed by atoms with E-state index in [1.54, 1.807) is 10.7 Å². The van der Waals surface area contributed by atoms with E-state index in [1.165, 1.54) is 25.4 Å². The molecule has 0 fully saturated rings. The summed E-state index contributed by atoms with van der Waals surface area (Å²) in [5.41, 5.74) is 1.27. The normalized spacial score (nSPS) is 13.0. The molecule has 1 aromatic carbocycles. The van der Waals surface area contributed by atoms with Crippen LogP contribution in [0.15, 0.2) is 24.4 Å². The Hall–Kier alpha value is -1.89. The van der Waals surface area contributed by atoms with Gasteiger partial charge in [0.25, 0.3) is 0 Å². The highest BCUT2D eigenvalue weighted by Crippen LogP contribution is 2.37. The number of hydrogen-bond donors (Lipinski definition) is 0. The second-order valence-electron chi connectivity index (χ2n) is 4.82. The van der Waals surface area contributed by atoms with Crippen LogP contribution in [0.3, 0.4) is 0 Å². The van der Waals surface area contributed by atoms with Gasteiger partial charge in [-0.15, -0.1) is 0 Å². The quantitative estimate of drug-likeness (QED) is 0.794. The minimum Gasteiger partial charge on any atom is -0.496 e. The molecule has 1 aromatic heterocycles. The summed E-state index contributed by atoms with van der Waals surface area (Å²) in [6, 6.07) is 4.45. The van der Waals surface area contributed by atoms with Crippen LogP contribution in [0.5, 0.6) is 11.5 Å². The molecule has 0 aliphatic rings. The van der Waals surface area contributed by atoms with E-state index in [-0.39, 0.29) is 5.75 Å². The van der Waals surface area contributed by atoms with Crippen LogP contribution >= 0.6 is 11.6 Å². The standard InChI is InChI=1S/C15H16ClF3N2O2/c1-4-21-14(12(16)8-20-21)11-6-5-10(7-13(11)22-3)23-9(2)15(17,18)19/h5-9H,4H2,1-3H3. The van der Waals surface area contributed by atoms with Gasteiger partial charge in [0.2, 0.25) is 0 Å². The molecular weight excluding hydrogens is 333 g/mol. The number of aryl methyl sites for hydroxylation is 1. The Morgan fingerprint density at radius 2 is 2.04 bits per heavy atom. The third-order valence-corrected chi connectivity index (χ3v) is 3.57. The zero-order chi connectivity index (χ0) is 17.2. The van der Waals surface area contributed by atoms with Gasteiger partial charge in [-0.25, -0.2) is 0 Å². The van der Waals surface area contributed by atoms with E-state index in [4.69, 9.17) is 21.1 Å². The monoisotopic (exact) mass is 348 g/mol. The Balaban J connectivity index is 2.39. The molecular formula is C15H16ClF3N2O2. The van der Waals surface area contributed by atoms with Gasteiger partial charge in [0.05, 0.1) is 24.0 Å². The molecule has 4 nitrogen and oxygen atoms in total. The highest BCUT2D eigenvalue weighted by Gasteiger charge is 2.38. The minimum atomic E-state index is -4.43. The highest BCUT2D eigenvalue weighted by molar-refractivity contribution is 6.33. The Bertz CT molecular complexity index is 686. The molecule has 0 amide bonds. The molecule has 8 heteroatoms. The van der Waals surface area contributed by atoms with E-state index in [0.717, 1.165) is 6.92 Å². The Morgan fingerprint density at radius 1 is 1.35 bits per heavy atom. The van der Waals surface area contributed by atoms with Crippen molar-refractivity contribution in [2.24, 2.45) is 0 Å². The molecule has 0 radical (unpaired) electrons. The van der Waals surface area contributed by atoms with Crippen molar-refractivity contribution < 1.29 is 22.6 Å². The predicted octanol–water partition coefficient (Wildman–Crippen LogP) is 4.56. The number of benzene rings is 1. The second kappa shape index (κ2) is 6.70. The third kappa shape index (κ3) is 3.72. The maximum absolute atomic E-state index is 12.6. The van der Waals surface area contributed by atoms with E-state index in [1.807, 2.05) is 6.92 Å². The average molecular weight is 349 g/mol. The first-order valence-corrected chi connectivity index (χ1v) is 7.28. The first kappa shape index (κ1) is 17.5. The van der Waals surface area contributed by atoms with Crippen LogP contribution in [0.25, 0.3) is 11.3 Å². The molecule has 1 atom stereocenters. The summed E-state index contributed by atoms with van der Waals surface area (Å²) in [6.07, 6.45) is -4.84. The van der Waals surface area contributed by atoms with Crippen molar-refractivity contribution in [2.75, 3.05) is 7.11 Å². The molecule has 0 bridgehead atoms. The minimum absolute atomic E-state index is 0.0640. The molecule has 0 spiro atoms. The van der Waals surface area contributed by atoms with E-state index in [0.29, 0.717) is 28.6 Å². The summed E-state index contributed by atoms with van der Waals surface area (Å²) < 4.78 is 49.6. The largest absolute Gasteiger partial charge is 0.496 e. The fourth-order valence-corrected chi connectivity index (χ4v) is 2.32. The van der Waals surface area contributed by atoms with Crippen LogP contribution in [-0.2, 0) is 6.54 Å². The zero-order valence-corrected chi connectivity index (χ0v) is 13.6. The summed E-state index contributed by atoms with van der Waals surface area (Å²) in [6.45, 7) is 3.44. The van der Waals surface area contributed by atoms with Crippen LogP contribution in [-0.4, -0.2) is 29.2 Å². The fourth-order valence-electron chi connectivity index (χ4n) is 2.08. The number of ether oxygens (including phenoxy) is 2. The summed E-state index contributed by atoms with van der Waals surface area (Å²) >= 11 is 6.15. The van der Waals surface area contributed by atoms with Gasteiger partial charge < -0.3 is 9.47 Å². The van der Waals surface area contributed by atoms with Crippen LogP contribution in [0.4, 0.5) is 13.2 Å². The molecule has 2 rings (SSSR count). The predicted molar refractivity (Wildman–Crippen MR) is 81.0 cm³/mol. The van der Waals surface area contributed by atoms with Gasteiger partial charge in [0.1, 0.15) is 11.5 Å². The summed E-state index contributed by atoms with van der Waals surface area (Å²) in [7, 11) is 1.43. The van der Waals surface area contributed by atoms with Crippen LogP contribution in [0, 0.1) is 0 Å². The second-order valence-corrected chi connectivity index (χ2v) is 5.23. The first-order valence-electron chi connectivity index (χ1n) is 6.91. The van der Waals surface area contributed by atoms with Crippen molar-refractivity contribution in [3.05, 3.63) is 29.4 Å². The Labute approximate surface area is 136 Å². The van der Waals surface area contributed by atoms with E-state index < -0.39 is 12.3 Å². The van der Waals surface area contributed by atoms with Gasteiger partial charge in [-0.2, -0.15) is 18.3 Å². The molecule has 23 heavy (non-hydrogen) atoms. The lowest BCUT2D eigenvalue weighted by Gasteiger charge is -2.19. The molecule has 0 saturated carbocycles. The molecule has 0 saturated heterocycles. The Morgan fingerprint density at radius 3 is 2.61 bits per heavy atom. The summed E-state index contributed by atoms with van der Waals surface area (Å²) in [4.78, 5) is 0. The summed E-state index contributed by atoms with van der Waals surface area (Å²) in [5, 5.41) is 4.57. The van der Waals surface area contributed by atoms with Crippen molar-refractivity contribution in [1.82, 2.24) is 9.78 Å². The molecule has 1 unspecified atom stereocenters. The maximum atomic E-state index is 12.6. The lowest BCUT2D eigenvalue weighted by atomic mass is 10.1. The van der Waals surface area contributed by atoms with Gasteiger partial charge in [-0.3, -0.25) is 4.68 Å². The molecule has 2 aromatic rings. The lowest BCUT2D eigenvalue weighted by Crippen LogP contribution is -2.31. The number of alkyl halides is 3. The van der Waals surface area contributed by atoms with E-state index >= 15 is 0 Å². The van der Waals surface area contributed by atoms with Crippen molar-refractivity contribution >= 4 is 11.6 Å². The zero-order valence-electron chi connectivity index (χ0n) is 12.8. The topological polar surface area (TPSA) is 36.3 Å². The van der Waals surface area contributed by atoms with Crippen LogP contribution < -0.4 is 9.47 Å². The molecule has 1 heterocycles. The van der Waals surface area contributed by atoms with Gasteiger partial charge >= 0.3 is 6.18 Å². The highest BCUT2D eigenvalue weighted by atomic mass is 35.5. The van der Waals surface area contributed by atoms with Crippen molar-refractivity contribution in [2.45, 2.75) is 32.7 Å². The first-order chi connectivity index (χ1) is 10.8. The lowest BCUT2D eigenvalue weighted by molar-refractivity contribution is -0.189. The fraction of sp³-hybridized carbons (Fsp3) is 0.400. The molecule has 0 aliphatic carbocycles. The number of hydrogen-bond acceptors (Lipinski definition) is 3. The molecule has 0 aliphatic heterocycles. The van der Waals surface area contributed by atoms with Crippen molar-refractivity contribution in [3.8, 4) is 22.8 Å². The van der Waals surface area contributed by atoms with E-state index in [9.17, 15) is 13.2 Å². The third-order valence-electron chi connectivity index (χ3n) is 3.30. The summed E-state index contributed by atoms with van der Waals surface area (Å²) in [5.74, 6) is 0.420. The number of methoxy groups -OCH3 is 1. The average Bonchev–Trinajstić information content (AvgIpc) is 2.87. The van der Waals surface area contributed by atoms with Crippen molar-refractivity contribution in [3.63, 3.8) is 0 Å². The van der Waals surface area contributed by atoms with Gasteiger partial charge in [0, 0.05) is 18.2 Å². The smallest absolute Gasteiger partial charge is 0.425 e. The number of nitrogens with zero attached hydrogens (tertiary/aromatic N) is 2. The van der Waals surface area contributed by atoms with E-state index in [2.05, 4.69) is 5.10 Å². The number of halogens is 4. The van der Waals surface area contributed by atoms with Gasteiger partial charge in [-0.05, 0) is 26.0 Å². The number of aromatic nitrogens is 2. The van der Waals surface area contributed by atoms with Crippen LogP contribution in [0.2, 0.25) is 5.02 Å².